The molecule has 1 heterocycles. The van der Waals surface area contributed by atoms with Crippen LogP contribution in [0, 0.1) is 6.92 Å². The van der Waals surface area contributed by atoms with E-state index < -0.39 is 0 Å². The molecule has 6 nitrogen and oxygen atoms in total. The van der Waals surface area contributed by atoms with E-state index in [4.69, 9.17) is 10.9 Å². The second-order valence-electron chi connectivity index (χ2n) is 2.46. The average Bonchev–Trinajstić information content (AvgIpc) is 2.26. The van der Waals surface area contributed by atoms with Crippen LogP contribution in [-0.2, 0) is 7.05 Å². The van der Waals surface area contributed by atoms with Crippen LogP contribution >= 0.6 is 0 Å². The van der Waals surface area contributed by atoms with Crippen LogP contribution in [0.5, 0.6) is 0 Å². The highest BCUT2D eigenvalue weighted by Crippen LogP contribution is 1.96. The summed E-state index contributed by atoms with van der Waals surface area (Å²) in [7, 11) is 1.56. The van der Waals surface area contributed by atoms with E-state index >= 15 is 0 Å². The van der Waals surface area contributed by atoms with E-state index in [1.54, 1.807) is 14.0 Å². The number of aryl methyl sites for hydroxylation is 2. The number of nitrogens with one attached hydrogen (secondary N) is 1. The number of oxime groups is 1. The molecule has 0 atom stereocenters. The van der Waals surface area contributed by atoms with Crippen molar-refractivity contribution < 1.29 is 5.21 Å². The van der Waals surface area contributed by atoms with Gasteiger partial charge in [-0.15, -0.1) is 0 Å². The fraction of sp³-hybridized carbons (Fsp3) is 0.333. The molecule has 0 saturated carbocycles. The van der Waals surface area contributed by atoms with Gasteiger partial charge in [0.05, 0.1) is 0 Å². The number of rotatable bonds is 1. The SMILES string of the molecule is Cc1[nH]n(C)c(=O)c1/C(N)=N/O. The molecule has 1 aromatic heterocycles. The van der Waals surface area contributed by atoms with E-state index in [0.717, 1.165) is 0 Å². The maximum Gasteiger partial charge on any atom is 0.277 e. The predicted molar refractivity (Wildman–Crippen MR) is 43.3 cm³/mol. The predicted octanol–water partition coefficient (Wildman–Crippen LogP) is -0.884. The van der Waals surface area contributed by atoms with E-state index in [2.05, 4.69) is 10.3 Å². The number of H-pyrrole nitrogens is 1. The van der Waals surface area contributed by atoms with E-state index in [1.807, 2.05) is 0 Å². The standard InChI is InChI=1S/C6H10N4O2/c1-3-4(5(7)9-12)6(11)10(2)8-3/h8,12H,1-2H3,(H2,7,9). The van der Waals surface area contributed by atoms with Crippen LogP contribution in [0.2, 0.25) is 0 Å². The van der Waals surface area contributed by atoms with Crippen molar-refractivity contribution in [3.8, 4) is 0 Å². The highest BCUT2D eigenvalue weighted by molar-refractivity contribution is 5.97. The molecular weight excluding hydrogens is 160 g/mol. The molecule has 66 valence electrons. The Hall–Kier alpha value is -1.72. The molecule has 6 heteroatoms. The number of nitrogens with two attached hydrogens (primary N) is 1. The summed E-state index contributed by atoms with van der Waals surface area (Å²) >= 11 is 0. The van der Waals surface area contributed by atoms with Gasteiger partial charge in [0, 0.05) is 12.7 Å². The van der Waals surface area contributed by atoms with Gasteiger partial charge in [-0.3, -0.25) is 14.6 Å². The van der Waals surface area contributed by atoms with Crippen molar-refractivity contribution in [2.24, 2.45) is 17.9 Å². The molecule has 0 aliphatic carbocycles. The Morgan fingerprint density at radius 1 is 1.75 bits per heavy atom. The van der Waals surface area contributed by atoms with Crippen molar-refractivity contribution in [3.05, 3.63) is 21.6 Å². The Morgan fingerprint density at radius 3 is 2.67 bits per heavy atom. The number of nitrogens with zero attached hydrogens (tertiary/aromatic N) is 2. The van der Waals surface area contributed by atoms with Gasteiger partial charge >= 0.3 is 0 Å². The molecular formula is C6H10N4O2. The first-order valence-corrected chi connectivity index (χ1v) is 3.31. The molecule has 0 unspecified atom stereocenters. The number of aromatic amines is 1. The molecule has 1 rings (SSSR count). The van der Waals surface area contributed by atoms with Crippen LogP contribution < -0.4 is 11.3 Å². The molecule has 0 saturated heterocycles. The van der Waals surface area contributed by atoms with Crippen LogP contribution in [0.3, 0.4) is 0 Å². The molecule has 0 bridgehead atoms. The maximum absolute atomic E-state index is 11.2. The van der Waals surface area contributed by atoms with E-state index in [0.29, 0.717) is 5.69 Å². The topological polar surface area (TPSA) is 96.4 Å². The van der Waals surface area contributed by atoms with Crippen LogP contribution in [0.15, 0.2) is 9.95 Å². The Bertz CT molecular complexity index is 373. The fourth-order valence-electron chi connectivity index (χ4n) is 1.04. The first kappa shape index (κ1) is 8.38. The van der Waals surface area contributed by atoms with Gasteiger partial charge in [-0.25, -0.2) is 0 Å². The molecule has 0 aliphatic heterocycles. The van der Waals surface area contributed by atoms with E-state index in [-0.39, 0.29) is 17.0 Å². The third-order valence-corrected chi connectivity index (χ3v) is 1.59. The first-order chi connectivity index (χ1) is 5.57. The van der Waals surface area contributed by atoms with Gasteiger partial charge in [-0.2, -0.15) is 0 Å². The molecule has 12 heavy (non-hydrogen) atoms. The van der Waals surface area contributed by atoms with Crippen molar-refractivity contribution in [2.45, 2.75) is 6.92 Å². The summed E-state index contributed by atoms with van der Waals surface area (Å²) in [4.78, 5) is 11.2. The summed E-state index contributed by atoms with van der Waals surface area (Å²) in [5, 5.41) is 13.8. The van der Waals surface area contributed by atoms with Crippen LogP contribution in [0.1, 0.15) is 11.3 Å². The van der Waals surface area contributed by atoms with E-state index in [1.165, 1.54) is 4.68 Å². The van der Waals surface area contributed by atoms with Gasteiger partial charge in [-0.05, 0) is 6.92 Å². The van der Waals surface area contributed by atoms with Gasteiger partial charge in [0.25, 0.3) is 5.56 Å². The highest BCUT2D eigenvalue weighted by atomic mass is 16.4. The van der Waals surface area contributed by atoms with E-state index in [9.17, 15) is 4.79 Å². The lowest BCUT2D eigenvalue weighted by molar-refractivity contribution is 0.318. The summed E-state index contributed by atoms with van der Waals surface area (Å²) in [5.74, 6) is -0.172. The lowest BCUT2D eigenvalue weighted by Crippen LogP contribution is -2.24. The summed E-state index contributed by atoms with van der Waals surface area (Å²) in [6.07, 6.45) is 0. The zero-order valence-corrected chi connectivity index (χ0v) is 6.83. The third kappa shape index (κ3) is 1.07. The van der Waals surface area contributed by atoms with Crippen molar-refractivity contribution in [1.82, 2.24) is 9.78 Å². The molecule has 0 amide bonds. The van der Waals surface area contributed by atoms with Gasteiger partial charge in [0.2, 0.25) is 0 Å². The molecule has 0 fully saturated rings. The zero-order chi connectivity index (χ0) is 9.30. The Labute approximate surface area is 68.3 Å². The normalized spacial score (nSPS) is 12.0. The molecule has 0 aliphatic rings. The minimum atomic E-state index is -0.303. The Balaban J connectivity index is 3.43. The summed E-state index contributed by atoms with van der Waals surface area (Å²) in [6.45, 7) is 1.68. The quantitative estimate of drug-likeness (QED) is 0.221. The number of amidine groups is 1. The van der Waals surface area contributed by atoms with Crippen LogP contribution in [0.4, 0.5) is 0 Å². The van der Waals surface area contributed by atoms with Crippen LogP contribution in [0.25, 0.3) is 0 Å². The van der Waals surface area contributed by atoms with Crippen molar-refractivity contribution in [1.29, 1.82) is 0 Å². The lowest BCUT2D eigenvalue weighted by atomic mass is 10.2. The largest absolute Gasteiger partial charge is 0.409 e. The molecule has 4 N–H and O–H groups in total. The highest BCUT2D eigenvalue weighted by Gasteiger charge is 2.12. The monoisotopic (exact) mass is 170 g/mol. The maximum atomic E-state index is 11.2. The van der Waals surface area contributed by atoms with Crippen molar-refractivity contribution >= 4 is 5.84 Å². The zero-order valence-electron chi connectivity index (χ0n) is 6.83. The van der Waals surface area contributed by atoms with Crippen molar-refractivity contribution in [3.63, 3.8) is 0 Å². The average molecular weight is 170 g/mol. The second kappa shape index (κ2) is 2.72. The number of hydrogen-bond acceptors (Lipinski definition) is 3. The summed E-state index contributed by atoms with van der Waals surface area (Å²) in [5.41, 5.74) is 5.76. The minimum Gasteiger partial charge on any atom is -0.409 e. The Morgan fingerprint density at radius 2 is 2.33 bits per heavy atom. The van der Waals surface area contributed by atoms with Gasteiger partial charge in [0.15, 0.2) is 5.84 Å². The Kier molecular flexibility index (Phi) is 1.90. The van der Waals surface area contributed by atoms with Gasteiger partial charge < -0.3 is 10.9 Å². The number of aromatic nitrogens is 2. The fourth-order valence-corrected chi connectivity index (χ4v) is 1.04. The smallest absolute Gasteiger partial charge is 0.277 e. The van der Waals surface area contributed by atoms with Gasteiger partial charge in [0.1, 0.15) is 5.56 Å². The summed E-state index contributed by atoms with van der Waals surface area (Å²) < 4.78 is 1.27. The minimum absolute atomic E-state index is 0.172. The molecule has 0 spiro atoms. The van der Waals surface area contributed by atoms with Crippen LogP contribution in [-0.4, -0.2) is 20.8 Å². The first-order valence-electron chi connectivity index (χ1n) is 3.31. The van der Waals surface area contributed by atoms with Crippen molar-refractivity contribution in [2.75, 3.05) is 0 Å². The molecule has 0 radical (unpaired) electrons. The molecule has 0 aromatic carbocycles. The number of hydrogen-bond donors (Lipinski definition) is 3. The molecule has 1 aromatic rings. The third-order valence-electron chi connectivity index (χ3n) is 1.59. The van der Waals surface area contributed by atoms with Gasteiger partial charge in [-0.1, -0.05) is 5.16 Å². The lowest BCUT2D eigenvalue weighted by Gasteiger charge is -1.91. The summed E-state index contributed by atoms with van der Waals surface area (Å²) in [6, 6.07) is 0. The second-order valence-corrected chi connectivity index (χ2v) is 2.46.